The van der Waals surface area contributed by atoms with Crippen molar-refractivity contribution < 1.29 is 28.8 Å². The van der Waals surface area contributed by atoms with Crippen LogP contribution < -0.4 is 0 Å². The third-order valence-corrected chi connectivity index (χ3v) is 7.97. The van der Waals surface area contributed by atoms with Crippen molar-refractivity contribution in [3.63, 3.8) is 0 Å². The minimum atomic E-state index is -0.519. The molecule has 8 heteroatoms. The lowest BCUT2D eigenvalue weighted by Crippen LogP contribution is -2.49. The van der Waals surface area contributed by atoms with Crippen molar-refractivity contribution in [2.75, 3.05) is 65.8 Å². The third-order valence-electron chi connectivity index (χ3n) is 7.97. The predicted molar refractivity (Wildman–Crippen MR) is 146 cm³/mol. The zero-order valence-electron chi connectivity index (χ0n) is 23.0. The molecule has 0 aromatic heterocycles. The maximum Gasteiger partial charge on any atom is 0.288 e. The minimum absolute atomic E-state index is 0.0112. The normalized spacial score (nSPS) is 25.2. The monoisotopic (exact) mass is 530 g/mol. The highest BCUT2D eigenvalue weighted by Gasteiger charge is 2.39. The van der Waals surface area contributed by atoms with Crippen LogP contribution in [-0.2, 0) is 23.7 Å². The summed E-state index contributed by atoms with van der Waals surface area (Å²) in [5.74, 6) is 0.379. The van der Waals surface area contributed by atoms with Crippen molar-refractivity contribution in [2.24, 2.45) is 5.92 Å². The summed E-state index contributed by atoms with van der Waals surface area (Å²) in [6.07, 6.45) is 8.20. The molecule has 1 amide bonds. The second-order valence-electron chi connectivity index (χ2n) is 10.4. The molecule has 2 saturated heterocycles. The lowest BCUT2D eigenvalue weighted by molar-refractivity contribution is -0.172. The van der Waals surface area contributed by atoms with Gasteiger partial charge in [0.05, 0.1) is 26.4 Å². The van der Waals surface area contributed by atoms with Crippen LogP contribution in [0.3, 0.4) is 0 Å². The molecule has 8 nitrogen and oxygen atoms in total. The molecule has 1 N–H and O–H groups in total. The van der Waals surface area contributed by atoms with Gasteiger partial charge in [-0.25, -0.2) is 0 Å². The molecule has 0 bridgehead atoms. The quantitative estimate of drug-likeness (QED) is 0.391. The van der Waals surface area contributed by atoms with Crippen LogP contribution in [0.15, 0.2) is 42.2 Å². The Morgan fingerprint density at radius 2 is 1.68 bits per heavy atom. The first-order valence-corrected chi connectivity index (χ1v) is 14.6. The summed E-state index contributed by atoms with van der Waals surface area (Å²) in [7, 11) is 0. The molecule has 2 fully saturated rings. The summed E-state index contributed by atoms with van der Waals surface area (Å²) in [6, 6.07) is 10.9. The molecule has 3 atom stereocenters. The van der Waals surface area contributed by atoms with Crippen molar-refractivity contribution in [1.29, 1.82) is 0 Å². The number of nitrogens with zero attached hydrogens (tertiary/aromatic N) is 2. The summed E-state index contributed by atoms with van der Waals surface area (Å²) in [6.45, 7) is 8.17. The highest BCUT2D eigenvalue weighted by atomic mass is 16.7. The van der Waals surface area contributed by atoms with Crippen molar-refractivity contribution in [3.05, 3.63) is 47.7 Å². The van der Waals surface area contributed by atoms with E-state index in [4.69, 9.17) is 24.1 Å². The largest absolute Gasteiger partial charge is 0.459 e. The van der Waals surface area contributed by atoms with Crippen LogP contribution in [0.4, 0.5) is 0 Å². The fourth-order valence-electron chi connectivity index (χ4n) is 5.97. The van der Waals surface area contributed by atoms with Gasteiger partial charge < -0.3 is 33.9 Å². The molecule has 0 aliphatic carbocycles. The van der Waals surface area contributed by atoms with E-state index in [1.54, 1.807) is 0 Å². The summed E-state index contributed by atoms with van der Waals surface area (Å²) in [4.78, 5) is 18.3. The van der Waals surface area contributed by atoms with Gasteiger partial charge in [-0.05, 0) is 63.8 Å². The molecule has 4 rings (SSSR count). The fourth-order valence-corrected chi connectivity index (χ4v) is 5.97. The summed E-state index contributed by atoms with van der Waals surface area (Å²) < 4.78 is 23.5. The average Bonchev–Trinajstić information content (AvgIpc) is 2.98. The van der Waals surface area contributed by atoms with Gasteiger partial charge in [0.25, 0.3) is 5.91 Å². The fraction of sp³-hybridized carbons (Fsp3) is 0.700. The van der Waals surface area contributed by atoms with E-state index in [1.165, 1.54) is 32.4 Å². The van der Waals surface area contributed by atoms with Gasteiger partial charge in [0.15, 0.2) is 5.76 Å². The number of aliphatic hydroxyl groups is 1. The van der Waals surface area contributed by atoms with Gasteiger partial charge >= 0.3 is 0 Å². The highest BCUT2D eigenvalue weighted by Crippen LogP contribution is 2.39. The van der Waals surface area contributed by atoms with Crippen LogP contribution in [0.1, 0.15) is 56.9 Å². The van der Waals surface area contributed by atoms with Gasteiger partial charge in [-0.2, -0.15) is 0 Å². The van der Waals surface area contributed by atoms with Crippen LogP contribution in [0.2, 0.25) is 0 Å². The van der Waals surface area contributed by atoms with Crippen LogP contribution in [0.5, 0.6) is 0 Å². The highest BCUT2D eigenvalue weighted by molar-refractivity contribution is 5.92. The van der Waals surface area contributed by atoms with Crippen molar-refractivity contribution in [1.82, 2.24) is 9.80 Å². The van der Waals surface area contributed by atoms with E-state index in [-0.39, 0.29) is 24.3 Å². The van der Waals surface area contributed by atoms with Crippen LogP contribution in [0, 0.1) is 5.92 Å². The number of ether oxygens (including phenoxy) is 4. The van der Waals surface area contributed by atoms with E-state index >= 15 is 0 Å². The Hall–Kier alpha value is -1.97. The molecular weight excluding hydrogens is 484 g/mol. The first-order valence-electron chi connectivity index (χ1n) is 14.6. The number of piperidine rings is 2. The topological polar surface area (TPSA) is 80.7 Å². The molecule has 212 valence electrons. The summed E-state index contributed by atoms with van der Waals surface area (Å²) >= 11 is 0. The Kier molecular flexibility index (Phi) is 11.9. The summed E-state index contributed by atoms with van der Waals surface area (Å²) in [5.41, 5.74) is 1.14. The molecule has 0 spiro atoms. The Balaban J connectivity index is 1.42. The number of likely N-dealkylation sites (tertiary alicyclic amines) is 2. The van der Waals surface area contributed by atoms with Gasteiger partial charge in [0.2, 0.25) is 6.29 Å². The molecule has 3 aliphatic rings. The van der Waals surface area contributed by atoms with Gasteiger partial charge in [-0.15, -0.1) is 0 Å². The van der Waals surface area contributed by atoms with Crippen LogP contribution >= 0.6 is 0 Å². The second kappa shape index (κ2) is 15.6. The van der Waals surface area contributed by atoms with E-state index in [9.17, 15) is 4.79 Å². The first-order chi connectivity index (χ1) is 18.7. The maximum absolute atomic E-state index is 13.7. The molecule has 3 aliphatic heterocycles. The third kappa shape index (κ3) is 8.02. The first kappa shape index (κ1) is 29.0. The van der Waals surface area contributed by atoms with E-state index in [2.05, 4.69) is 17.0 Å². The lowest BCUT2D eigenvalue weighted by atomic mass is 9.81. The smallest absolute Gasteiger partial charge is 0.288 e. The predicted octanol–water partition coefficient (Wildman–Crippen LogP) is 3.56. The number of carbonyl (C=O) groups excluding carboxylic acids is 1. The number of amides is 1. The molecule has 1 aromatic carbocycles. The van der Waals surface area contributed by atoms with Gasteiger partial charge in [0, 0.05) is 44.2 Å². The van der Waals surface area contributed by atoms with Crippen LogP contribution in [-0.4, -0.2) is 99.0 Å². The van der Waals surface area contributed by atoms with E-state index in [0.717, 1.165) is 37.9 Å². The number of rotatable bonds is 13. The molecule has 0 unspecified atom stereocenters. The molecule has 0 radical (unpaired) electrons. The van der Waals surface area contributed by atoms with E-state index in [0.29, 0.717) is 44.8 Å². The number of benzene rings is 1. The number of hydrogen-bond donors (Lipinski definition) is 1. The van der Waals surface area contributed by atoms with Crippen molar-refractivity contribution >= 4 is 5.91 Å². The van der Waals surface area contributed by atoms with Gasteiger partial charge in [-0.1, -0.05) is 36.8 Å². The van der Waals surface area contributed by atoms with Gasteiger partial charge in [-0.3, -0.25) is 4.79 Å². The lowest BCUT2D eigenvalue weighted by Gasteiger charge is -2.41. The second-order valence-corrected chi connectivity index (χ2v) is 10.4. The van der Waals surface area contributed by atoms with E-state index in [1.807, 2.05) is 36.1 Å². The number of aliphatic hydroxyl groups excluding tert-OH is 1. The van der Waals surface area contributed by atoms with E-state index < -0.39 is 6.29 Å². The van der Waals surface area contributed by atoms with Crippen LogP contribution in [0.25, 0.3) is 0 Å². The number of allylic oxidation sites excluding steroid dienone is 1. The Labute approximate surface area is 227 Å². The zero-order chi connectivity index (χ0) is 26.6. The average molecular weight is 531 g/mol. The number of hydrogen-bond acceptors (Lipinski definition) is 7. The molecule has 1 aromatic rings. The molecule has 0 saturated carbocycles. The Bertz CT molecular complexity index is 852. The molecular formula is C30H46N2O6. The Morgan fingerprint density at radius 1 is 0.974 bits per heavy atom. The standard InChI is InChI=1S/C30H46N2O6/c1-2-37-30-26(13-19-35-21-22-36-20-18-33)27(24-9-5-3-6-10-24)23-28(38-30)29(34)32-16-11-25(12-17-32)31-14-7-4-8-15-31/h3,5-6,9-10,23,25-27,30,33H,2,4,7-8,11-22H2,1H3/t26-,27+,30+/m1/s1. The zero-order valence-corrected chi connectivity index (χ0v) is 23.0. The van der Waals surface area contributed by atoms with Crippen molar-refractivity contribution in [3.8, 4) is 0 Å². The number of carbonyl (C=O) groups is 1. The minimum Gasteiger partial charge on any atom is -0.459 e. The van der Waals surface area contributed by atoms with Gasteiger partial charge in [0.1, 0.15) is 0 Å². The SMILES string of the molecule is CCO[C@H]1OC(C(=O)N2CCC(N3CCCCC3)CC2)=C[C@@H](c2ccccc2)[C@H]1CCOCCOCCO. The Morgan fingerprint density at radius 3 is 2.37 bits per heavy atom. The molecule has 38 heavy (non-hydrogen) atoms. The van der Waals surface area contributed by atoms with Crippen molar-refractivity contribution in [2.45, 2.75) is 63.7 Å². The maximum atomic E-state index is 13.7. The molecule has 3 heterocycles. The summed E-state index contributed by atoms with van der Waals surface area (Å²) in [5, 5.41) is 8.84.